The van der Waals surface area contributed by atoms with Gasteiger partial charge in [0, 0.05) is 12.4 Å². The molecule has 0 radical (unpaired) electrons. The third kappa shape index (κ3) is 2.45. The molecule has 1 aliphatic carbocycles. The van der Waals surface area contributed by atoms with Crippen molar-refractivity contribution in [1.82, 2.24) is 4.98 Å². The Morgan fingerprint density at radius 3 is 2.52 bits per heavy atom. The number of nitrogens with one attached hydrogen (secondary N) is 1. The van der Waals surface area contributed by atoms with Crippen molar-refractivity contribution >= 4 is 21.3 Å². The van der Waals surface area contributed by atoms with E-state index in [9.17, 15) is 8.42 Å². The number of aromatic nitrogens is 1. The van der Waals surface area contributed by atoms with Crippen LogP contribution in [0.15, 0.2) is 47.6 Å². The van der Waals surface area contributed by atoms with Crippen LogP contribution in [0.5, 0.6) is 0 Å². The first-order valence-electron chi connectivity index (χ1n) is 6.71. The predicted molar refractivity (Wildman–Crippen MR) is 83.6 cm³/mol. The summed E-state index contributed by atoms with van der Waals surface area (Å²) in [4.78, 5) is 4.06. The standard InChI is InChI=1S/C16H16N2O2S/c1-11-3-5-14-15(6-4-12(2)16(11)14)18-21(19,20)13-7-9-17-10-8-13/h3-4,6-10,18H,5H2,1-2H3. The predicted octanol–water partition coefficient (Wildman–Crippen LogP) is 3.15. The average Bonchev–Trinajstić information content (AvgIpc) is 2.86. The molecule has 0 amide bonds. The molecule has 108 valence electrons. The fourth-order valence-corrected chi connectivity index (χ4v) is 3.78. The lowest BCUT2D eigenvalue weighted by molar-refractivity contribution is 0.601. The highest BCUT2D eigenvalue weighted by Gasteiger charge is 2.21. The molecule has 5 heteroatoms. The second-order valence-electron chi connectivity index (χ2n) is 5.16. The van der Waals surface area contributed by atoms with E-state index in [0.717, 1.165) is 17.5 Å². The van der Waals surface area contributed by atoms with Crippen LogP contribution in [0.3, 0.4) is 0 Å². The molecule has 0 unspecified atom stereocenters. The zero-order valence-electron chi connectivity index (χ0n) is 11.9. The van der Waals surface area contributed by atoms with Gasteiger partial charge in [-0.3, -0.25) is 9.71 Å². The van der Waals surface area contributed by atoms with E-state index in [1.54, 1.807) is 0 Å². The largest absolute Gasteiger partial charge is 0.279 e. The molecule has 0 bridgehead atoms. The van der Waals surface area contributed by atoms with Gasteiger partial charge in [-0.25, -0.2) is 8.42 Å². The van der Waals surface area contributed by atoms with Crippen LogP contribution in [0.25, 0.3) is 5.57 Å². The fraction of sp³-hybridized carbons (Fsp3) is 0.188. The minimum atomic E-state index is -3.58. The smallest absolute Gasteiger partial charge is 0.262 e. The number of nitrogens with zero attached hydrogens (tertiary/aromatic N) is 1. The van der Waals surface area contributed by atoms with Gasteiger partial charge >= 0.3 is 0 Å². The lowest BCUT2D eigenvalue weighted by atomic mass is 9.99. The highest BCUT2D eigenvalue weighted by Crippen LogP contribution is 2.35. The number of anilines is 1. The van der Waals surface area contributed by atoms with Crippen molar-refractivity contribution in [3.05, 3.63) is 59.4 Å². The van der Waals surface area contributed by atoms with Crippen LogP contribution in [0.4, 0.5) is 5.69 Å². The summed E-state index contributed by atoms with van der Waals surface area (Å²) >= 11 is 0. The van der Waals surface area contributed by atoms with Gasteiger partial charge in [0.25, 0.3) is 10.0 Å². The molecular formula is C16H16N2O2S. The second kappa shape index (κ2) is 5.00. The quantitative estimate of drug-likeness (QED) is 0.947. The topological polar surface area (TPSA) is 59.1 Å². The van der Waals surface area contributed by atoms with Gasteiger partial charge in [-0.15, -0.1) is 0 Å². The molecule has 0 spiro atoms. The number of pyridine rings is 1. The lowest BCUT2D eigenvalue weighted by Gasteiger charge is -2.14. The molecule has 0 aliphatic heterocycles. The zero-order valence-corrected chi connectivity index (χ0v) is 12.7. The number of allylic oxidation sites excluding steroid dienone is 2. The fourth-order valence-electron chi connectivity index (χ4n) is 2.70. The summed E-state index contributed by atoms with van der Waals surface area (Å²) < 4.78 is 27.5. The summed E-state index contributed by atoms with van der Waals surface area (Å²) in [7, 11) is -3.58. The number of rotatable bonds is 3. The highest BCUT2D eigenvalue weighted by molar-refractivity contribution is 7.92. The molecule has 0 saturated carbocycles. The van der Waals surface area contributed by atoms with Gasteiger partial charge in [-0.2, -0.15) is 0 Å². The third-order valence-corrected chi connectivity index (χ3v) is 5.11. The highest BCUT2D eigenvalue weighted by atomic mass is 32.2. The molecule has 1 aromatic heterocycles. The Kier molecular flexibility index (Phi) is 3.29. The Morgan fingerprint density at radius 2 is 1.81 bits per heavy atom. The molecule has 0 fully saturated rings. The van der Waals surface area contributed by atoms with Crippen LogP contribution < -0.4 is 4.72 Å². The van der Waals surface area contributed by atoms with Gasteiger partial charge in [0.2, 0.25) is 0 Å². The maximum Gasteiger partial charge on any atom is 0.262 e. The van der Waals surface area contributed by atoms with Crippen molar-refractivity contribution in [2.45, 2.75) is 25.2 Å². The van der Waals surface area contributed by atoms with E-state index < -0.39 is 10.0 Å². The van der Waals surface area contributed by atoms with E-state index in [0.29, 0.717) is 5.69 Å². The van der Waals surface area contributed by atoms with E-state index in [1.165, 1.54) is 35.7 Å². The van der Waals surface area contributed by atoms with Gasteiger partial charge in [-0.05, 0) is 60.7 Å². The normalized spacial score (nSPS) is 13.7. The maximum atomic E-state index is 12.4. The Morgan fingerprint density at radius 1 is 1.10 bits per heavy atom. The Bertz CT molecular complexity index is 825. The minimum Gasteiger partial charge on any atom is -0.279 e. The van der Waals surface area contributed by atoms with E-state index in [4.69, 9.17) is 0 Å². The van der Waals surface area contributed by atoms with Crippen LogP contribution in [-0.2, 0) is 16.4 Å². The molecule has 1 aromatic carbocycles. The molecule has 1 N–H and O–H groups in total. The van der Waals surface area contributed by atoms with Gasteiger partial charge in [-0.1, -0.05) is 12.1 Å². The monoisotopic (exact) mass is 300 g/mol. The number of hydrogen-bond acceptors (Lipinski definition) is 3. The van der Waals surface area contributed by atoms with E-state index in [-0.39, 0.29) is 4.90 Å². The number of sulfonamides is 1. The maximum absolute atomic E-state index is 12.4. The molecule has 0 atom stereocenters. The van der Waals surface area contributed by atoms with Crippen LogP contribution in [-0.4, -0.2) is 13.4 Å². The average molecular weight is 300 g/mol. The van der Waals surface area contributed by atoms with Crippen molar-refractivity contribution in [3.8, 4) is 0 Å². The van der Waals surface area contributed by atoms with Gasteiger partial charge in [0.1, 0.15) is 0 Å². The number of hydrogen-bond donors (Lipinski definition) is 1. The van der Waals surface area contributed by atoms with Crippen molar-refractivity contribution in [2.24, 2.45) is 0 Å². The first-order valence-corrected chi connectivity index (χ1v) is 8.20. The Labute approximate surface area is 124 Å². The van der Waals surface area contributed by atoms with E-state index >= 15 is 0 Å². The Balaban J connectivity index is 2.02. The molecule has 2 aromatic rings. The number of benzene rings is 1. The summed E-state index contributed by atoms with van der Waals surface area (Å²) in [5, 5.41) is 0. The molecule has 21 heavy (non-hydrogen) atoms. The van der Waals surface area contributed by atoms with Crippen molar-refractivity contribution in [1.29, 1.82) is 0 Å². The SMILES string of the molecule is CC1=CCc2c(NS(=O)(=O)c3ccncc3)ccc(C)c21. The van der Waals surface area contributed by atoms with Crippen LogP contribution in [0.2, 0.25) is 0 Å². The van der Waals surface area contributed by atoms with E-state index in [2.05, 4.69) is 22.7 Å². The molecule has 4 nitrogen and oxygen atoms in total. The first kappa shape index (κ1) is 13.8. The van der Waals surface area contributed by atoms with Crippen molar-refractivity contribution in [2.75, 3.05) is 4.72 Å². The zero-order chi connectivity index (χ0) is 15.0. The van der Waals surface area contributed by atoms with Gasteiger partial charge in [0.15, 0.2) is 0 Å². The molecule has 1 aliphatic rings. The summed E-state index contributed by atoms with van der Waals surface area (Å²) in [6, 6.07) is 6.76. The van der Waals surface area contributed by atoms with Crippen LogP contribution in [0.1, 0.15) is 23.6 Å². The van der Waals surface area contributed by atoms with Crippen LogP contribution >= 0.6 is 0 Å². The van der Waals surface area contributed by atoms with Gasteiger partial charge in [0.05, 0.1) is 10.6 Å². The summed E-state index contributed by atoms with van der Waals surface area (Å²) in [5.74, 6) is 0. The van der Waals surface area contributed by atoms with Crippen molar-refractivity contribution < 1.29 is 8.42 Å². The number of aryl methyl sites for hydroxylation is 1. The Hall–Kier alpha value is -2.14. The van der Waals surface area contributed by atoms with Crippen LogP contribution in [0, 0.1) is 6.92 Å². The molecule has 0 saturated heterocycles. The summed E-state index contributed by atoms with van der Waals surface area (Å²) in [5.41, 5.74) is 5.23. The molecular weight excluding hydrogens is 284 g/mol. The second-order valence-corrected chi connectivity index (χ2v) is 6.85. The summed E-state index contributed by atoms with van der Waals surface area (Å²) in [6.07, 6.45) is 5.83. The van der Waals surface area contributed by atoms with Crippen molar-refractivity contribution in [3.63, 3.8) is 0 Å². The first-order chi connectivity index (χ1) is 9.99. The third-order valence-electron chi connectivity index (χ3n) is 3.73. The number of fused-ring (bicyclic) bond motifs is 1. The lowest BCUT2D eigenvalue weighted by Crippen LogP contribution is -2.14. The minimum absolute atomic E-state index is 0.217. The van der Waals surface area contributed by atoms with Gasteiger partial charge < -0.3 is 0 Å². The molecule has 1 heterocycles. The van der Waals surface area contributed by atoms with E-state index in [1.807, 2.05) is 19.1 Å². The molecule has 3 rings (SSSR count). The summed E-state index contributed by atoms with van der Waals surface area (Å²) in [6.45, 7) is 4.10.